The Hall–Kier alpha value is -2.17. The number of amides is 1. The summed E-state index contributed by atoms with van der Waals surface area (Å²) in [4.78, 5) is 14.1. The van der Waals surface area contributed by atoms with Gasteiger partial charge in [0.1, 0.15) is 0 Å². The lowest BCUT2D eigenvalue weighted by atomic mass is 10.1. The number of aryl methyl sites for hydroxylation is 2. The first kappa shape index (κ1) is 15.7. The molecule has 0 bridgehead atoms. The Morgan fingerprint density at radius 3 is 2.65 bits per heavy atom. The van der Waals surface area contributed by atoms with E-state index in [9.17, 15) is 4.79 Å². The van der Waals surface area contributed by atoms with Crippen molar-refractivity contribution in [2.75, 3.05) is 7.05 Å². The van der Waals surface area contributed by atoms with E-state index in [1.807, 2.05) is 43.1 Å². The van der Waals surface area contributed by atoms with Crippen LogP contribution in [0.15, 0.2) is 28.7 Å². The van der Waals surface area contributed by atoms with Gasteiger partial charge in [-0.25, -0.2) is 0 Å². The van der Waals surface area contributed by atoms with Gasteiger partial charge in [0.2, 0.25) is 17.7 Å². The van der Waals surface area contributed by atoms with Crippen molar-refractivity contribution in [1.29, 1.82) is 0 Å². The molecule has 1 aliphatic rings. The molecular formula is C18H23N3O2. The molecule has 0 spiro atoms. The van der Waals surface area contributed by atoms with Gasteiger partial charge in [0, 0.05) is 31.5 Å². The molecule has 1 aliphatic carbocycles. The fourth-order valence-corrected chi connectivity index (χ4v) is 2.68. The molecule has 5 heteroatoms. The second kappa shape index (κ2) is 6.52. The van der Waals surface area contributed by atoms with Gasteiger partial charge in [0.05, 0.1) is 0 Å². The van der Waals surface area contributed by atoms with E-state index in [-0.39, 0.29) is 5.91 Å². The average Bonchev–Trinajstić information content (AvgIpc) is 3.30. The van der Waals surface area contributed by atoms with E-state index in [2.05, 4.69) is 17.1 Å². The fourth-order valence-electron chi connectivity index (χ4n) is 2.68. The minimum atomic E-state index is 0.138. The van der Waals surface area contributed by atoms with Crippen molar-refractivity contribution in [2.45, 2.75) is 45.6 Å². The minimum absolute atomic E-state index is 0.138. The minimum Gasteiger partial charge on any atom is -0.421 e. The van der Waals surface area contributed by atoms with Crippen molar-refractivity contribution >= 4 is 5.91 Å². The monoisotopic (exact) mass is 313 g/mol. The maximum atomic E-state index is 12.2. The predicted molar refractivity (Wildman–Crippen MR) is 87.7 cm³/mol. The van der Waals surface area contributed by atoms with E-state index in [0.29, 0.717) is 36.6 Å². The highest BCUT2D eigenvalue weighted by molar-refractivity contribution is 5.76. The lowest BCUT2D eigenvalue weighted by molar-refractivity contribution is -0.132. The molecule has 1 unspecified atom stereocenters. The highest BCUT2D eigenvalue weighted by Crippen LogP contribution is 2.34. The number of carbonyl (C=O) groups excluding carboxylic acids is 1. The summed E-state index contributed by atoms with van der Waals surface area (Å²) in [6.07, 6.45) is 3.37. The van der Waals surface area contributed by atoms with Crippen LogP contribution < -0.4 is 0 Å². The van der Waals surface area contributed by atoms with Gasteiger partial charge in [0.25, 0.3) is 0 Å². The maximum absolute atomic E-state index is 12.2. The summed E-state index contributed by atoms with van der Waals surface area (Å²) < 4.78 is 5.67. The van der Waals surface area contributed by atoms with Crippen LogP contribution in [0.1, 0.15) is 37.6 Å². The van der Waals surface area contributed by atoms with Gasteiger partial charge in [-0.05, 0) is 44.7 Å². The Labute approximate surface area is 136 Å². The third-order valence-corrected chi connectivity index (χ3v) is 4.63. The molecule has 1 atom stereocenters. The van der Waals surface area contributed by atoms with E-state index in [0.717, 1.165) is 5.56 Å². The molecule has 122 valence electrons. The Morgan fingerprint density at radius 1 is 1.30 bits per heavy atom. The summed E-state index contributed by atoms with van der Waals surface area (Å²) in [5.41, 5.74) is 2.09. The molecule has 1 aromatic heterocycles. The van der Waals surface area contributed by atoms with E-state index < -0.39 is 0 Å². The van der Waals surface area contributed by atoms with Crippen molar-refractivity contribution in [2.24, 2.45) is 5.92 Å². The second-order valence-corrected chi connectivity index (χ2v) is 6.45. The third kappa shape index (κ3) is 3.78. The van der Waals surface area contributed by atoms with Crippen LogP contribution in [0.4, 0.5) is 0 Å². The van der Waals surface area contributed by atoms with Crippen molar-refractivity contribution in [1.82, 2.24) is 15.1 Å². The zero-order chi connectivity index (χ0) is 16.4. The lowest BCUT2D eigenvalue weighted by Crippen LogP contribution is -2.36. The first-order valence-electron chi connectivity index (χ1n) is 8.19. The molecule has 0 aliphatic heterocycles. The summed E-state index contributed by atoms with van der Waals surface area (Å²) in [5.74, 6) is 1.84. The zero-order valence-corrected chi connectivity index (χ0v) is 14.0. The SMILES string of the molecule is Cc1ccc(-c2nnc(CCC(=O)N(C)C(C)C3CC3)o2)cc1. The molecular weight excluding hydrogens is 290 g/mol. The third-order valence-electron chi connectivity index (χ3n) is 4.63. The molecule has 1 amide bonds. The number of benzene rings is 1. The predicted octanol–water partition coefficient (Wildman–Crippen LogP) is 3.23. The van der Waals surface area contributed by atoms with Crippen LogP contribution in [0.3, 0.4) is 0 Å². The number of nitrogens with zero attached hydrogens (tertiary/aromatic N) is 3. The highest BCUT2D eigenvalue weighted by Gasteiger charge is 2.32. The molecule has 0 saturated heterocycles. The fraction of sp³-hybridized carbons (Fsp3) is 0.500. The Bertz CT molecular complexity index is 674. The number of hydrogen-bond donors (Lipinski definition) is 0. The van der Waals surface area contributed by atoms with Crippen LogP contribution in [0.25, 0.3) is 11.5 Å². The van der Waals surface area contributed by atoms with Crippen LogP contribution in [0.2, 0.25) is 0 Å². The van der Waals surface area contributed by atoms with E-state index in [4.69, 9.17) is 4.42 Å². The van der Waals surface area contributed by atoms with Crippen molar-refractivity contribution < 1.29 is 9.21 Å². The van der Waals surface area contributed by atoms with Crippen LogP contribution in [-0.2, 0) is 11.2 Å². The van der Waals surface area contributed by atoms with Gasteiger partial charge in [0.15, 0.2) is 0 Å². The molecule has 0 radical (unpaired) electrons. The van der Waals surface area contributed by atoms with Crippen LogP contribution >= 0.6 is 0 Å². The van der Waals surface area contributed by atoms with Gasteiger partial charge in [-0.15, -0.1) is 10.2 Å². The summed E-state index contributed by atoms with van der Waals surface area (Å²) in [6.45, 7) is 4.16. The largest absolute Gasteiger partial charge is 0.421 e. The summed E-state index contributed by atoms with van der Waals surface area (Å²) in [6, 6.07) is 8.27. The Morgan fingerprint density at radius 2 is 2.00 bits per heavy atom. The summed E-state index contributed by atoms with van der Waals surface area (Å²) in [5, 5.41) is 8.12. The standard InChI is InChI=1S/C18H23N3O2/c1-12-4-6-15(7-5-12)18-20-19-16(23-18)10-11-17(22)21(3)13(2)14-8-9-14/h4-7,13-14H,8-11H2,1-3H3. The lowest BCUT2D eigenvalue weighted by Gasteiger charge is -2.24. The second-order valence-electron chi connectivity index (χ2n) is 6.45. The number of hydrogen-bond acceptors (Lipinski definition) is 4. The first-order valence-corrected chi connectivity index (χ1v) is 8.19. The molecule has 1 heterocycles. The highest BCUT2D eigenvalue weighted by atomic mass is 16.4. The Balaban J connectivity index is 1.56. The van der Waals surface area contributed by atoms with Crippen LogP contribution in [0.5, 0.6) is 0 Å². The molecule has 5 nitrogen and oxygen atoms in total. The van der Waals surface area contributed by atoms with Crippen LogP contribution in [-0.4, -0.2) is 34.1 Å². The summed E-state index contributed by atoms with van der Waals surface area (Å²) >= 11 is 0. The number of aromatic nitrogens is 2. The van der Waals surface area contributed by atoms with Gasteiger partial charge >= 0.3 is 0 Å². The summed E-state index contributed by atoms with van der Waals surface area (Å²) in [7, 11) is 1.89. The van der Waals surface area contributed by atoms with Crippen LogP contribution in [0, 0.1) is 12.8 Å². The molecule has 0 N–H and O–H groups in total. The normalized spacial score (nSPS) is 15.4. The maximum Gasteiger partial charge on any atom is 0.247 e. The van der Waals surface area contributed by atoms with Gasteiger partial charge in [-0.2, -0.15) is 0 Å². The number of rotatable bonds is 6. The molecule has 3 rings (SSSR count). The molecule has 1 aromatic carbocycles. The van der Waals surface area contributed by atoms with Gasteiger partial charge in [-0.3, -0.25) is 4.79 Å². The van der Waals surface area contributed by atoms with Gasteiger partial charge < -0.3 is 9.32 Å². The zero-order valence-electron chi connectivity index (χ0n) is 14.0. The van der Waals surface area contributed by atoms with E-state index in [1.165, 1.54) is 18.4 Å². The van der Waals surface area contributed by atoms with E-state index >= 15 is 0 Å². The van der Waals surface area contributed by atoms with Gasteiger partial charge in [-0.1, -0.05) is 17.7 Å². The smallest absolute Gasteiger partial charge is 0.247 e. The van der Waals surface area contributed by atoms with Crippen molar-refractivity contribution in [3.05, 3.63) is 35.7 Å². The Kier molecular flexibility index (Phi) is 4.46. The van der Waals surface area contributed by atoms with Crippen molar-refractivity contribution in [3.8, 4) is 11.5 Å². The topological polar surface area (TPSA) is 59.2 Å². The quantitative estimate of drug-likeness (QED) is 0.821. The molecule has 2 aromatic rings. The number of carbonyl (C=O) groups is 1. The first-order chi connectivity index (χ1) is 11.0. The average molecular weight is 313 g/mol. The van der Waals surface area contributed by atoms with E-state index in [1.54, 1.807) is 0 Å². The molecule has 1 fully saturated rings. The molecule has 23 heavy (non-hydrogen) atoms. The molecule has 1 saturated carbocycles. The van der Waals surface area contributed by atoms with Crippen molar-refractivity contribution in [3.63, 3.8) is 0 Å².